The molecule has 196 valence electrons. The molecular formula is C29H29N3O5S. The van der Waals surface area contributed by atoms with Gasteiger partial charge >= 0.3 is 0 Å². The van der Waals surface area contributed by atoms with Crippen molar-refractivity contribution in [2.45, 2.75) is 11.8 Å². The van der Waals surface area contributed by atoms with Gasteiger partial charge in [-0.05, 0) is 49.4 Å². The minimum absolute atomic E-state index is 0.155. The van der Waals surface area contributed by atoms with Crippen molar-refractivity contribution >= 4 is 26.8 Å². The average molecular weight is 532 g/mol. The van der Waals surface area contributed by atoms with Crippen LogP contribution in [0.25, 0.3) is 22.2 Å². The molecule has 0 spiro atoms. The number of sulfonamides is 1. The molecule has 3 aromatic carbocycles. The smallest absolute Gasteiger partial charge is 0.254 e. The van der Waals surface area contributed by atoms with E-state index in [0.717, 1.165) is 16.5 Å². The van der Waals surface area contributed by atoms with Crippen LogP contribution in [0, 0.1) is 6.92 Å². The number of aromatic nitrogens is 1. The predicted molar refractivity (Wildman–Crippen MR) is 146 cm³/mol. The van der Waals surface area contributed by atoms with E-state index in [1.807, 2.05) is 43.3 Å². The molecule has 1 aromatic heterocycles. The number of aryl methyl sites for hydroxylation is 1. The Kier molecular flexibility index (Phi) is 7.05. The molecular weight excluding hydrogens is 502 g/mol. The number of amides is 1. The normalized spacial score (nSPS) is 14.4. The van der Waals surface area contributed by atoms with Crippen molar-refractivity contribution in [3.8, 4) is 22.8 Å². The number of rotatable bonds is 6. The van der Waals surface area contributed by atoms with Crippen LogP contribution in [0.2, 0.25) is 0 Å². The standard InChI is InChI=1S/C29H29N3O5S/c1-20-8-11-22(12-9-20)38(34,35)32-16-14-31(15-17-32)29(33)24-19-26(30-25-7-5-4-6-23(24)25)21-10-13-27(36-2)28(18-21)37-3/h4-13,18-19H,14-17H2,1-3H3. The Hall–Kier alpha value is -3.95. The number of piperazine rings is 1. The van der Waals surface area contributed by atoms with Crippen molar-refractivity contribution in [3.63, 3.8) is 0 Å². The molecule has 0 N–H and O–H groups in total. The number of carbonyl (C=O) groups is 1. The number of carbonyl (C=O) groups excluding carboxylic acids is 1. The van der Waals surface area contributed by atoms with Crippen LogP contribution in [0.1, 0.15) is 15.9 Å². The Morgan fingerprint density at radius 3 is 2.21 bits per heavy atom. The molecule has 0 atom stereocenters. The van der Waals surface area contributed by atoms with E-state index < -0.39 is 10.0 Å². The Balaban J connectivity index is 1.43. The van der Waals surface area contributed by atoms with E-state index in [1.54, 1.807) is 55.5 Å². The lowest BCUT2D eigenvalue weighted by Gasteiger charge is -2.34. The fourth-order valence-electron chi connectivity index (χ4n) is 4.66. The van der Waals surface area contributed by atoms with Crippen molar-refractivity contribution in [3.05, 3.63) is 83.9 Å². The molecule has 1 amide bonds. The highest BCUT2D eigenvalue weighted by atomic mass is 32.2. The van der Waals surface area contributed by atoms with Crippen LogP contribution in [-0.2, 0) is 10.0 Å². The molecule has 5 rings (SSSR count). The molecule has 9 heteroatoms. The van der Waals surface area contributed by atoms with Crippen molar-refractivity contribution < 1.29 is 22.7 Å². The number of fused-ring (bicyclic) bond motifs is 1. The highest BCUT2D eigenvalue weighted by molar-refractivity contribution is 7.89. The Bertz CT molecular complexity index is 1590. The largest absolute Gasteiger partial charge is 0.493 e. The fraction of sp³-hybridized carbons (Fsp3) is 0.241. The van der Waals surface area contributed by atoms with Crippen molar-refractivity contribution in [2.24, 2.45) is 0 Å². The highest BCUT2D eigenvalue weighted by Gasteiger charge is 2.31. The van der Waals surface area contributed by atoms with Crippen LogP contribution in [0.15, 0.2) is 77.7 Å². The van der Waals surface area contributed by atoms with E-state index in [9.17, 15) is 13.2 Å². The first kappa shape index (κ1) is 25.7. The molecule has 2 heterocycles. The van der Waals surface area contributed by atoms with E-state index in [-0.39, 0.29) is 23.9 Å². The third-order valence-corrected chi connectivity index (χ3v) is 8.72. The topological polar surface area (TPSA) is 89.0 Å². The van der Waals surface area contributed by atoms with E-state index in [0.29, 0.717) is 41.4 Å². The van der Waals surface area contributed by atoms with Crippen LogP contribution in [0.5, 0.6) is 11.5 Å². The number of benzene rings is 3. The highest BCUT2D eigenvalue weighted by Crippen LogP contribution is 2.33. The molecule has 0 aliphatic carbocycles. The maximum atomic E-state index is 13.8. The summed E-state index contributed by atoms with van der Waals surface area (Å²) in [6, 6.07) is 21.7. The number of ether oxygens (including phenoxy) is 2. The lowest BCUT2D eigenvalue weighted by molar-refractivity contribution is 0.0700. The van der Waals surface area contributed by atoms with Crippen LogP contribution >= 0.6 is 0 Å². The van der Waals surface area contributed by atoms with E-state index in [2.05, 4.69) is 0 Å². The second-order valence-electron chi connectivity index (χ2n) is 9.15. The zero-order valence-electron chi connectivity index (χ0n) is 21.5. The van der Waals surface area contributed by atoms with Crippen LogP contribution in [0.4, 0.5) is 0 Å². The Morgan fingerprint density at radius 2 is 1.53 bits per heavy atom. The summed E-state index contributed by atoms with van der Waals surface area (Å²) in [5.41, 5.74) is 3.64. The van der Waals surface area contributed by atoms with E-state index in [1.165, 1.54) is 4.31 Å². The summed E-state index contributed by atoms with van der Waals surface area (Å²) in [5, 5.41) is 0.747. The van der Waals surface area contributed by atoms with Crippen molar-refractivity contribution in [2.75, 3.05) is 40.4 Å². The van der Waals surface area contributed by atoms with E-state index in [4.69, 9.17) is 14.5 Å². The quantitative estimate of drug-likeness (QED) is 0.367. The molecule has 4 aromatic rings. The number of pyridine rings is 1. The van der Waals surface area contributed by atoms with Gasteiger partial charge in [-0.2, -0.15) is 4.31 Å². The summed E-state index contributed by atoms with van der Waals surface area (Å²) in [4.78, 5) is 20.5. The number of methoxy groups -OCH3 is 2. The van der Waals surface area contributed by atoms with Gasteiger partial charge in [-0.25, -0.2) is 13.4 Å². The van der Waals surface area contributed by atoms with Gasteiger partial charge in [-0.3, -0.25) is 4.79 Å². The first-order valence-corrected chi connectivity index (χ1v) is 13.7. The minimum atomic E-state index is -3.62. The summed E-state index contributed by atoms with van der Waals surface area (Å²) in [7, 11) is -0.469. The molecule has 1 aliphatic rings. The minimum Gasteiger partial charge on any atom is -0.493 e. The van der Waals surface area contributed by atoms with Crippen LogP contribution in [-0.4, -0.2) is 68.9 Å². The Labute approximate surface area is 222 Å². The predicted octanol–water partition coefficient (Wildman–Crippen LogP) is 4.37. The van der Waals surface area contributed by atoms with E-state index >= 15 is 0 Å². The van der Waals surface area contributed by atoms with Gasteiger partial charge in [-0.15, -0.1) is 0 Å². The number of hydrogen-bond acceptors (Lipinski definition) is 6. The first-order valence-electron chi connectivity index (χ1n) is 12.3. The van der Waals surface area contributed by atoms with Gasteiger partial charge < -0.3 is 14.4 Å². The third kappa shape index (κ3) is 4.82. The van der Waals surface area contributed by atoms with Gasteiger partial charge in [-0.1, -0.05) is 35.9 Å². The molecule has 1 saturated heterocycles. The van der Waals surface area contributed by atoms with Gasteiger partial charge in [0.15, 0.2) is 11.5 Å². The maximum Gasteiger partial charge on any atom is 0.254 e. The van der Waals surface area contributed by atoms with Crippen molar-refractivity contribution in [1.29, 1.82) is 0 Å². The molecule has 1 fully saturated rings. The van der Waals surface area contributed by atoms with Gasteiger partial charge in [0.1, 0.15) is 0 Å². The molecule has 1 aliphatic heterocycles. The van der Waals surface area contributed by atoms with Gasteiger partial charge in [0.2, 0.25) is 10.0 Å². The maximum absolute atomic E-state index is 13.8. The monoisotopic (exact) mass is 531 g/mol. The van der Waals surface area contributed by atoms with Crippen molar-refractivity contribution in [1.82, 2.24) is 14.2 Å². The summed E-state index contributed by atoms with van der Waals surface area (Å²) >= 11 is 0. The fourth-order valence-corrected chi connectivity index (χ4v) is 6.08. The number of hydrogen-bond donors (Lipinski definition) is 0. The molecule has 0 unspecified atom stereocenters. The van der Waals surface area contributed by atoms with Crippen LogP contribution < -0.4 is 9.47 Å². The first-order chi connectivity index (χ1) is 18.3. The van der Waals surface area contributed by atoms with Gasteiger partial charge in [0.25, 0.3) is 5.91 Å². The zero-order chi connectivity index (χ0) is 26.9. The molecule has 0 radical (unpaired) electrons. The van der Waals surface area contributed by atoms with Gasteiger partial charge in [0.05, 0.1) is 35.9 Å². The van der Waals surface area contributed by atoms with Gasteiger partial charge in [0, 0.05) is 37.1 Å². The molecule has 8 nitrogen and oxygen atoms in total. The Morgan fingerprint density at radius 1 is 0.842 bits per heavy atom. The molecule has 38 heavy (non-hydrogen) atoms. The second kappa shape index (κ2) is 10.4. The summed E-state index contributed by atoms with van der Waals surface area (Å²) < 4.78 is 38.5. The lowest BCUT2D eigenvalue weighted by atomic mass is 10.0. The molecule has 0 saturated carbocycles. The van der Waals surface area contributed by atoms with Crippen LogP contribution in [0.3, 0.4) is 0 Å². The number of para-hydroxylation sites is 1. The third-order valence-electron chi connectivity index (χ3n) is 6.81. The average Bonchev–Trinajstić information content (AvgIpc) is 2.96. The lowest BCUT2D eigenvalue weighted by Crippen LogP contribution is -2.50. The summed E-state index contributed by atoms with van der Waals surface area (Å²) in [5.74, 6) is 1.02. The second-order valence-corrected chi connectivity index (χ2v) is 11.1. The molecule has 0 bridgehead atoms. The SMILES string of the molecule is COc1ccc(-c2cc(C(=O)N3CCN(S(=O)(=O)c4ccc(C)cc4)CC3)c3ccccc3n2)cc1OC. The summed E-state index contributed by atoms with van der Waals surface area (Å²) in [6.07, 6.45) is 0. The summed E-state index contributed by atoms with van der Waals surface area (Å²) in [6.45, 7) is 2.97. The number of nitrogens with zero attached hydrogens (tertiary/aromatic N) is 3. The zero-order valence-corrected chi connectivity index (χ0v) is 22.4.